The minimum atomic E-state index is -0.111. The van der Waals surface area contributed by atoms with E-state index in [1.165, 1.54) is 0 Å². The molecule has 2 rings (SSSR count). The molecule has 0 aliphatic heterocycles. The van der Waals surface area contributed by atoms with Crippen LogP contribution in [0.1, 0.15) is 30.8 Å². The number of hydrogen-bond donors (Lipinski definition) is 2. The SMILES string of the molecule is Cc1nccc(CNCC2CCCC2O)n1. The molecule has 0 bridgehead atoms. The number of nitrogens with one attached hydrogen (secondary N) is 1. The second-order valence-corrected chi connectivity index (χ2v) is 4.48. The Hall–Kier alpha value is -1.00. The lowest BCUT2D eigenvalue weighted by atomic mass is 10.1. The molecule has 0 aromatic carbocycles. The standard InChI is InChI=1S/C12H19N3O/c1-9-14-6-5-11(15-9)8-13-7-10-3-2-4-12(10)16/h5-6,10,12-13,16H,2-4,7-8H2,1H3. The quantitative estimate of drug-likeness (QED) is 0.797. The Morgan fingerprint density at radius 1 is 1.50 bits per heavy atom. The molecule has 1 aliphatic rings. The first-order valence-electron chi connectivity index (χ1n) is 5.93. The molecule has 1 aromatic rings. The fraction of sp³-hybridized carbons (Fsp3) is 0.667. The lowest BCUT2D eigenvalue weighted by Gasteiger charge is -2.14. The summed E-state index contributed by atoms with van der Waals surface area (Å²) in [5.41, 5.74) is 1.01. The van der Waals surface area contributed by atoms with Gasteiger partial charge in [0.1, 0.15) is 5.82 Å². The molecule has 1 aliphatic carbocycles. The number of nitrogens with zero attached hydrogens (tertiary/aromatic N) is 2. The van der Waals surface area contributed by atoms with E-state index in [0.717, 1.165) is 43.9 Å². The van der Waals surface area contributed by atoms with E-state index in [1.54, 1.807) is 6.20 Å². The van der Waals surface area contributed by atoms with Gasteiger partial charge in [-0.05, 0) is 31.7 Å². The molecule has 1 aromatic heterocycles. The van der Waals surface area contributed by atoms with Gasteiger partial charge in [-0.2, -0.15) is 0 Å². The highest BCUT2D eigenvalue weighted by molar-refractivity contribution is 5.01. The Labute approximate surface area is 96.1 Å². The Balaban J connectivity index is 1.75. The monoisotopic (exact) mass is 221 g/mol. The molecule has 4 nitrogen and oxygen atoms in total. The number of aryl methyl sites for hydroxylation is 1. The van der Waals surface area contributed by atoms with Crippen molar-refractivity contribution in [3.63, 3.8) is 0 Å². The zero-order chi connectivity index (χ0) is 11.4. The molecule has 1 heterocycles. The molecule has 0 radical (unpaired) electrons. The van der Waals surface area contributed by atoms with Crippen molar-refractivity contribution in [1.29, 1.82) is 0 Å². The molecule has 2 N–H and O–H groups in total. The first-order chi connectivity index (χ1) is 7.75. The summed E-state index contributed by atoms with van der Waals surface area (Å²) in [5.74, 6) is 1.23. The third-order valence-electron chi connectivity index (χ3n) is 3.17. The summed E-state index contributed by atoms with van der Waals surface area (Å²) in [6.45, 7) is 3.53. The van der Waals surface area contributed by atoms with Crippen LogP contribution in [0.4, 0.5) is 0 Å². The van der Waals surface area contributed by atoms with Crippen LogP contribution < -0.4 is 5.32 Å². The Kier molecular flexibility index (Phi) is 3.85. The zero-order valence-corrected chi connectivity index (χ0v) is 9.69. The van der Waals surface area contributed by atoms with Gasteiger partial charge in [-0.15, -0.1) is 0 Å². The van der Waals surface area contributed by atoms with E-state index in [4.69, 9.17) is 0 Å². The third-order valence-corrected chi connectivity index (χ3v) is 3.17. The number of hydrogen-bond acceptors (Lipinski definition) is 4. The highest BCUT2D eigenvalue weighted by Crippen LogP contribution is 2.24. The van der Waals surface area contributed by atoms with Crippen LogP contribution in [0.3, 0.4) is 0 Å². The van der Waals surface area contributed by atoms with E-state index >= 15 is 0 Å². The van der Waals surface area contributed by atoms with Crippen molar-refractivity contribution < 1.29 is 5.11 Å². The van der Waals surface area contributed by atoms with Crippen molar-refractivity contribution in [3.05, 3.63) is 23.8 Å². The average molecular weight is 221 g/mol. The van der Waals surface area contributed by atoms with Gasteiger partial charge < -0.3 is 10.4 Å². The maximum atomic E-state index is 9.66. The van der Waals surface area contributed by atoms with Crippen LogP contribution in [0.2, 0.25) is 0 Å². The van der Waals surface area contributed by atoms with Gasteiger partial charge in [0.2, 0.25) is 0 Å². The molecule has 0 spiro atoms. The maximum absolute atomic E-state index is 9.66. The van der Waals surface area contributed by atoms with Crippen molar-refractivity contribution >= 4 is 0 Å². The third kappa shape index (κ3) is 3.00. The van der Waals surface area contributed by atoms with Gasteiger partial charge in [0, 0.05) is 19.3 Å². The highest BCUT2D eigenvalue weighted by Gasteiger charge is 2.24. The summed E-state index contributed by atoms with van der Waals surface area (Å²) in [5, 5.41) is 13.0. The fourth-order valence-corrected chi connectivity index (χ4v) is 2.24. The zero-order valence-electron chi connectivity index (χ0n) is 9.69. The predicted octanol–water partition coefficient (Wildman–Crippen LogP) is 1.04. The number of aliphatic hydroxyl groups is 1. The van der Waals surface area contributed by atoms with E-state index in [9.17, 15) is 5.11 Å². The average Bonchev–Trinajstić information content (AvgIpc) is 2.65. The topological polar surface area (TPSA) is 58.0 Å². The molecule has 1 fully saturated rings. The number of aliphatic hydroxyl groups excluding tert-OH is 1. The van der Waals surface area contributed by atoms with Gasteiger partial charge in [-0.1, -0.05) is 6.42 Å². The van der Waals surface area contributed by atoms with Crippen molar-refractivity contribution in [1.82, 2.24) is 15.3 Å². The summed E-state index contributed by atoms with van der Waals surface area (Å²) in [6, 6.07) is 1.92. The fourth-order valence-electron chi connectivity index (χ4n) is 2.24. The van der Waals surface area contributed by atoms with Crippen LogP contribution >= 0.6 is 0 Å². The van der Waals surface area contributed by atoms with Gasteiger partial charge in [0.25, 0.3) is 0 Å². The van der Waals surface area contributed by atoms with Gasteiger partial charge in [-0.3, -0.25) is 0 Å². The number of aromatic nitrogens is 2. The molecule has 1 saturated carbocycles. The minimum absolute atomic E-state index is 0.111. The van der Waals surface area contributed by atoms with E-state index < -0.39 is 0 Å². The van der Waals surface area contributed by atoms with Crippen LogP contribution in [0.25, 0.3) is 0 Å². The van der Waals surface area contributed by atoms with Crippen molar-refractivity contribution in [3.8, 4) is 0 Å². The molecular weight excluding hydrogens is 202 g/mol. The van der Waals surface area contributed by atoms with Crippen LogP contribution in [0.5, 0.6) is 0 Å². The summed E-state index contributed by atoms with van der Waals surface area (Å²) in [4.78, 5) is 8.38. The smallest absolute Gasteiger partial charge is 0.125 e. The van der Waals surface area contributed by atoms with Crippen LogP contribution in [-0.4, -0.2) is 27.7 Å². The largest absolute Gasteiger partial charge is 0.393 e. The second kappa shape index (κ2) is 5.37. The van der Waals surface area contributed by atoms with Gasteiger partial charge in [-0.25, -0.2) is 9.97 Å². The van der Waals surface area contributed by atoms with Gasteiger partial charge in [0.15, 0.2) is 0 Å². The predicted molar refractivity (Wildman–Crippen MR) is 61.8 cm³/mol. The van der Waals surface area contributed by atoms with E-state index in [-0.39, 0.29) is 6.10 Å². The number of rotatable bonds is 4. The normalized spacial score (nSPS) is 24.9. The Bertz CT molecular complexity index is 343. The Morgan fingerprint density at radius 3 is 3.06 bits per heavy atom. The molecular formula is C12H19N3O. The van der Waals surface area contributed by atoms with Crippen LogP contribution in [0.15, 0.2) is 12.3 Å². The molecule has 0 saturated heterocycles. The summed E-state index contributed by atoms with van der Waals surface area (Å²) < 4.78 is 0. The lowest BCUT2D eigenvalue weighted by Crippen LogP contribution is -2.27. The molecule has 4 heteroatoms. The summed E-state index contributed by atoms with van der Waals surface area (Å²) in [7, 11) is 0. The summed E-state index contributed by atoms with van der Waals surface area (Å²) in [6.07, 6.45) is 4.92. The van der Waals surface area contributed by atoms with Crippen LogP contribution in [0, 0.1) is 12.8 Å². The van der Waals surface area contributed by atoms with E-state index in [2.05, 4.69) is 15.3 Å². The van der Waals surface area contributed by atoms with Gasteiger partial charge in [0.05, 0.1) is 11.8 Å². The van der Waals surface area contributed by atoms with Gasteiger partial charge >= 0.3 is 0 Å². The maximum Gasteiger partial charge on any atom is 0.125 e. The molecule has 0 amide bonds. The van der Waals surface area contributed by atoms with Crippen molar-refractivity contribution in [2.45, 2.75) is 38.8 Å². The second-order valence-electron chi connectivity index (χ2n) is 4.48. The summed E-state index contributed by atoms with van der Waals surface area (Å²) >= 11 is 0. The minimum Gasteiger partial charge on any atom is -0.393 e. The molecule has 2 unspecified atom stereocenters. The molecule has 2 atom stereocenters. The van der Waals surface area contributed by atoms with Crippen molar-refractivity contribution in [2.24, 2.45) is 5.92 Å². The lowest BCUT2D eigenvalue weighted by molar-refractivity contribution is 0.131. The molecule has 88 valence electrons. The molecule has 16 heavy (non-hydrogen) atoms. The first-order valence-corrected chi connectivity index (χ1v) is 5.93. The van der Waals surface area contributed by atoms with Crippen molar-refractivity contribution in [2.75, 3.05) is 6.54 Å². The highest BCUT2D eigenvalue weighted by atomic mass is 16.3. The van der Waals surface area contributed by atoms with E-state index in [0.29, 0.717) is 5.92 Å². The Morgan fingerprint density at radius 2 is 2.38 bits per heavy atom. The first kappa shape index (κ1) is 11.5. The van der Waals surface area contributed by atoms with E-state index in [1.807, 2.05) is 13.0 Å². The van der Waals surface area contributed by atoms with Crippen LogP contribution in [-0.2, 0) is 6.54 Å².